The van der Waals surface area contributed by atoms with Crippen molar-refractivity contribution in [2.45, 2.75) is 44.1 Å². The van der Waals surface area contributed by atoms with Gasteiger partial charge in [0, 0.05) is 0 Å². The van der Waals surface area contributed by atoms with E-state index in [0.717, 1.165) is 12.1 Å². The summed E-state index contributed by atoms with van der Waals surface area (Å²) in [6, 6.07) is 4.92. The van der Waals surface area contributed by atoms with Gasteiger partial charge in [0.05, 0.1) is 17.8 Å². The molecule has 0 heterocycles. The van der Waals surface area contributed by atoms with Crippen molar-refractivity contribution in [3.63, 3.8) is 0 Å². The van der Waals surface area contributed by atoms with E-state index in [2.05, 4.69) is 0 Å². The maximum absolute atomic E-state index is 12.5. The fraction of sp³-hybridized carbons (Fsp3) is 0.538. The predicted molar refractivity (Wildman–Crippen MR) is 60.3 cm³/mol. The molecule has 1 aromatic rings. The van der Waals surface area contributed by atoms with Crippen LogP contribution in [0.4, 0.5) is 13.2 Å². The van der Waals surface area contributed by atoms with Crippen molar-refractivity contribution >= 4 is 0 Å². The Kier molecular flexibility index (Phi) is 3.80. The van der Waals surface area contributed by atoms with Crippen molar-refractivity contribution in [1.29, 1.82) is 0 Å². The number of hydrogen-bond acceptors (Lipinski definition) is 2. The van der Waals surface area contributed by atoms with Gasteiger partial charge < -0.3 is 9.84 Å². The Hall–Kier alpha value is -1.23. The second kappa shape index (κ2) is 5.18. The monoisotopic (exact) mass is 260 g/mol. The lowest BCUT2D eigenvalue weighted by molar-refractivity contribution is -0.137. The number of aliphatic hydroxyl groups excluding tert-OH is 1. The van der Waals surface area contributed by atoms with Crippen molar-refractivity contribution in [3.8, 4) is 5.75 Å². The maximum Gasteiger partial charge on any atom is 0.416 e. The average Bonchev–Trinajstić information content (AvgIpc) is 2.31. The summed E-state index contributed by atoms with van der Waals surface area (Å²) in [5.41, 5.74) is -0.698. The van der Waals surface area contributed by atoms with Crippen LogP contribution in [-0.2, 0) is 6.18 Å². The molecule has 2 rings (SSSR count). The number of halogens is 3. The molecular weight excluding hydrogens is 245 g/mol. The molecule has 100 valence electrons. The molecule has 0 radical (unpaired) electrons. The molecule has 1 fully saturated rings. The lowest BCUT2D eigenvalue weighted by atomic mass is 9.95. The highest BCUT2D eigenvalue weighted by atomic mass is 19.4. The molecule has 0 spiro atoms. The molecule has 0 unspecified atom stereocenters. The van der Waals surface area contributed by atoms with E-state index in [9.17, 15) is 18.3 Å². The first-order valence-electron chi connectivity index (χ1n) is 5.97. The van der Waals surface area contributed by atoms with Crippen LogP contribution >= 0.6 is 0 Å². The van der Waals surface area contributed by atoms with Gasteiger partial charge in [0.15, 0.2) is 0 Å². The summed E-state index contributed by atoms with van der Waals surface area (Å²) >= 11 is 0. The fourth-order valence-electron chi connectivity index (χ4n) is 2.10. The van der Waals surface area contributed by atoms with E-state index in [0.29, 0.717) is 25.7 Å². The number of benzene rings is 1. The zero-order valence-corrected chi connectivity index (χ0v) is 9.78. The number of alkyl halides is 3. The van der Waals surface area contributed by atoms with Crippen LogP contribution < -0.4 is 4.74 Å². The van der Waals surface area contributed by atoms with Gasteiger partial charge in [-0.05, 0) is 43.9 Å². The molecule has 0 atom stereocenters. The molecule has 1 aliphatic rings. The first-order chi connectivity index (χ1) is 8.45. The van der Waals surface area contributed by atoms with E-state index in [1.54, 1.807) is 0 Å². The number of ether oxygens (including phenoxy) is 1. The molecular formula is C13H15F3O2. The molecule has 0 aromatic heterocycles. The summed E-state index contributed by atoms with van der Waals surface area (Å²) in [4.78, 5) is 0. The third kappa shape index (κ3) is 3.38. The molecule has 18 heavy (non-hydrogen) atoms. The van der Waals surface area contributed by atoms with Gasteiger partial charge in [0.25, 0.3) is 0 Å². The second-order valence-electron chi connectivity index (χ2n) is 4.57. The van der Waals surface area contributed by atoms with E-state index in [1.807, 2.05) is 0 Å². The Bertz CT molecular complexity index is 395. The summed E-state index contributed by atoms with van der Waals surface area (Å²) in [5, 5.41) is 9.34. The summed E-state index contributed by atoms with van der Waals surface area (Å²) in [5.74, 6) is 0.242. The van der Waals surface area contributed by atoms with Crippen LogP contribution in [-0.4, -0.2) is 17.3 Å². The van der Waals surface area contributed by atoms with Crippen molar-refractivity contribution in [2.24, 2.45) is 0 Å². The van der Waals surface area contributed by atoms with Crippen LogP contribution in [0.3, 0.4) is 0 Å². The van der Waals surface area contributed by atoms with Crippen molar-refractivity contribution in [3.05, 3.63) is 29.8 Å². The number of aliphatic hydroxyl groups is 1. The Morgan fingerprint density at radius 3 is 2.39 bits per heavy atom. The zero-order chi connectivity index (χ0) is 13.2. The Balaban J connectivity index is 2.01. The van der Waals surface area contributed by atoms with Crippen LogP contribution in [0.25, 0.3) is 0 Å². The Morgan fingerprint density at radius 1 is 1.11 bits per heavy atom. The summed E-state index contributed by atoms with van der Waals surface area (Å²) in [7, 11) is 0. The highest BCUT2D eigenvalue weighted by Crippen LogP contribution is 2.32. The fourth-order valence-corrected chi connectivity index (χ4v) is 2.10. The molecule has 0 bridgehead atoms. The minimum absolute atomic E-state index is 0.100. The molecule has 0 saturated heterocycles. The van der Waals surface area contributed by atoms with Gasteiger partial charge in [0.1, 0.15) is 5.75 Å². The highest BCUT2D eigenvalue weighted by molar-refractivity contribution is 5.30. The van der Waals surface area contributed by atoms with E-state index in [4.69, 9.17) is 4.74 Å². The third-order valence-electron chi connectivity index (χ3n) is 3.11. The lowest BCUT2D eigenvalue weighted by Gasteiger charge is -2.26. The van der Waals surface area contributed by atoms with Crippen LogP contribution in [0.5, 0.6) is 5.75 Å². The van der Waals surface area contributed by atoms with Crippen LogP contribution in [0.15, 0.2) is 24.3 Å². The molecule has 2 nitrogen and oxygen atoms in total. The SMILES string of the molecule is OC1CCC(Oc2cccc(C(F)(F)F)c2)CC1. The Labute approximate surface area is 103 Å². The molecule has 1 aromatic carbocycles. The normalized spacial score (nSPS) is 24.9. The highest BCUT2D eigenvalue weighted by Gasteiger charge is 2.31. The first kappa shape index (κ1) is 13.2. The van der Waals surface area contributed by atoms with Crippen molar-refractivity contribution in [1.82, 2.24) is 0 Å². The van der Waals surface area contributed by atoms with Gasteiger partial charge in [-0.25, -0.2) is 0 Å². The lowest BCUT2D eigenvalue weighted by Crippen LogP contribution is -2.26. The van der Waals surface area contributed by atoms with Gasteiger partial charge in [-0.1, -0.05) is 6.07 Å². The smallest absolute Gasteiger partial charge is 0.416 e. The van der Waals surface area contributed by atoms with Crippen LogP contribution in [0, 0.1) is 0 Å². The van der Waals surface area contributed by atoms with Gasteiger partial charge >= 0.3 is 6.18 Å². The van der Waals surface area contributed by atoms with E-state index >= 15 is 0 Å². The largest absolute Gasteiger partial charge is 0.490 e. The summed E-state index contributed by atoms with van der Waals surface area (Å²) < 4.78 is 43.1. The van der Waals surface area contributed by atoms with E-state index in [-0.39, 0.29) is 18.0 Å². The second-order valence-corrected chi connectivity index (χ2v) is 4.57. The van der Waals surface area contributed by atoms with Gasteiger partial charge in [0.2, 0.25) is 0 Å². The molecule has 5 heteroatoms. The minimum Gasteiger partial charge on any atom is -0.490 e. The zero-order valence-electron chi connectivity index (χ0n) is 9.78. The first-order valence-corrected chi connectivity index (χ1v) is 5.97. The topological polar surface area (TPSA) is 29.5 Å². The predicted octanol–water partition coefficient (Wildman–Crippen LogP) is 3.39. The quantitative estimate of drug-likeness (QED) is 0.883. The molecule has 0 aliphatic heterocycles. The van der Waals surface area contributed by atoms with Crippen LogP contribution in [0.2, 0.25) is 0 Å². The minimum atomic E-state index is -4.35. The van der Waals surface area contributed by atoms with Gasteiger partial charge in [-0.2, -0.15) is 13.2 Å². The molecule has 1 aliphatic carbocycles. The van der Waals surface area contributed by atoms with Gasteiger partial charge in [-0.15, -0.1) is 0 Å². The average molecular weight is 260 g/mol. The molecule has 1 N–H and O–H groups in total. The third-order valence-corrected chi connectivity index (χ3v) is 3.11. The number of hydrogen-bond donors (Lipinski definition) is 1. The number of rotatable bonds is 2. The van der Waals surface area contributed by atoms with Crippen molar-refractivity contribution in [2.75, 3.05) is 0 Å². The Morgan fingerprint density at radius 2 is 1.78 bits per heavy atom. The maximum atomic E-state index is 12.5. The van der Waals surface area contributed by atoms with Crippen molar-refractivity contribution < 1.29 is 23.0 Å². The standard InChI is InChI=1S/C13H15F3O2/c14-13(15,16)9-2-1-3-12(8-9)18-11-6-4-10(17)5-7-11/h1-3,8,10-11,17H,4-7H2. The summed E-state index contributed by atoms with van der Waals surface area (Å²) in [6.45, 7) is 0. The summed E-state index contributed by atoms with van der Waals surface area (Å²) in [6.07, 6.45) is -2.10. The molecule has 0 amide bonds. The van der Waals surface area contributed by atoms with Gasteiger partial charge in [-0.3, -0.25) is 0 Å². The van der Waals surface area contributed by atoms with Crippen LogP contribution in [0.1, 0.15) is 31.2 Å². The molecule has 1 saturated carbocycles. The van der Waals surface area contributed by atoms with E-state index in [1.165, 1.54) is 12.1 Å². The van der Waals surface area contributed by atoms with E-state index < -0.39 is 11.7 Å².